The summed E-state index contributed by atoms with van der Waals surface area (Å²) >= 11 is 0. The Balaban J connectivity index is 2.39. The van der Waals surface area contributed by atoms with E-state index in [-0.39, 0.29) is 17.0 Å². The Labute approximate surface area is 146 Å². The first-order valence-corrected chi connectivity index (χ1v) is 8.01. The molecular weight excluding hydrogens is 318 g/mol. The molecule has 0 fully saturated rings. The van der Waals surface area contributed by atoms with Gasteiger partial charge in [0.2, 0.25) is 0 Å². The average Bonchev–Trinajstić information content (AvgIpc) is 2.65. The minimum absolute atomic E-state index is 0.0719. The van der Waals surface area contributed by atoms with E-state index in [1.54, 1.807) is 36.4 Å². The van der Waals surface area contributed by atoms with Crippen molar-refractivity contribution in [2.45, 2.75) is 25.9 Å². The number of nitrogens with zero attached hydrogens (tertiary/aromatic N) is 1. The number of hydrogen-bond donors (Lipinski definition) is 1. The SMILES string of the molecule is CCCC=C=C(C(=O)c1ccccc1)C(O)c1ccc([N+](=O)[O-])cc1. The Morgan fingerprint density at radius 2 is 1.84 bits per heavy atom. The average molecular weight is 337 g/mol. The van der Waals surface area contributed by atoms with Crippen molar-refractivity contribution < 1.29 is 14.8 Å². The maximum absolute atomic E-state index is 12.7. The van der Waals surface area contributed by atoms with Crippen molar-refractivity contribution in [3.05, 3.63) is 93.2 Å². The molecule has 0 radical (unpaired) electrons. The summed E-state index contributed by atoms with van der Waals surface area (Å²) in [7, 11) is 0. The first-order chi connectivity index (χ1) is 12.0. The topological polar surface area (TPSA) is 80.4 Å². The summed E-state index contributed by atoms with van der Waals surface area (Å²) in [5.41, 5.74) is 3.82. The standard InChI is InChI=1S/C20H19NO4/c1-2-3-5-10-18(19(22)15-8-6-4-7-9-15)20(23)16-11-13-17(14-12-16)21(24)25/h4-9,11-14,20,23H,2-3H2,1H3. The molecule has 2 rings (SSSR count). The second kappa shape index (κ2) is 8.73. The normalized spacial score (nSPS) is 11.3. The number of aliphatic hydroxyl groups is 1. The van der Waals surface area contributed by atoms with Gasteiger partial charge < -0.3 is 5.11 Å². The van der Waals surface area contributed by atoms with Gasteiger partial charge in [0, 0.05) is 17.7 Å². The number of nitro benzene ring substituents is 1. The molecule has 0 bridgehead atoms. The van der Waals surface area contributed by atoms with Gasteiger partial charge in [-0.2, -0.15) is 0 Å². The van der Waals surface area contributed by atoms with E-state index in [4.69, 9.17) is 0 Å². The number of unbranched alkanes of at least 4 members (excludes halogenated alkanes) is 1. The van der Waals surface area contributed by atoms with Crippen molar-refractivity contribution in [1.29, 1.82) is 0 Å². The fourth-order valence-electron chi connectivity index (χ4n) is 2.29. The first-order valence-electron chi connectivity index (χ1n) is 8.01. The molecule has 0 aromatic heterocycles. The zero-order chi connectivity index (χ0) is 18.2. The van der Waals surface area contributed by atoms with E-state index >= 15 is 0 Å². The van der Waals surface area contributed by atoms with Gasteiger partial charge in [-0.15, -0.1) is 5.73 Å². The van der Waals surface area contributed by atoms with Crippen molar-refractivity contribution in [3.8, 4) is 0 Å². The number of rotatable bonds is 7. The van der Waals surface area contributed by atoms with E-state index in [9.17, 15) is 20.0 Å². The van der Waals surface area contributed by atoms with Crippen LogP contribution in [0.4, 0.5) is 5.69 Å². The largest absolute Gasteiger partial charge is 0.383 e. The van der Waals surface area contributed by atoms with E-state index in [0.29, 0.717) is 11.1 Å². The summed E-state index contributed by atoms with van der Waals surface area (Å²) in [5.74, 6) is -0.321. The van der Waals surface area contributed by atoms with Crippen LogP contribution >= 0.6 is 0 Å². The first kappa shape index (κ1) is 18.3. The van der Waals surface area contributed by atoms with Crippen molar-refractivity contribution in [1.82, 2.24) is 0 Å². The van der Waals surface area contributed by atoms with Gasteiger partial charge in [0.1, 0.15) is 6.10 Å². The fraction of sp³-hybridized carbons (Fsp3) is 0.200. The molecule has 0 aliphatic carbocycles. The van der Waals surface area contributed by atoms with Gasteiger partial charge in [0.15, 0.2) is 5.78 Å². The molecule has 0 spiro atoms. The highest BCUT2D eigenvalue weighted by molar-refractivity contribution is 6.09. The maximum atomic E-state index is 12.7. The molecule has 0 aliphatic rings. The molecule has 1 atom stereocenters. The summed E-state index contributed by atoms with van der Waals surface area (Å²) in [4.78, 5) is 23.0. The number of non-ortho nitro benzene ring substituents is 1. The highest BCUT2D eigenvalue weighted by atomic mass is 16.6. The van der Waals surface area contributed by atoms with Crippen LogP contribution in [0.15, 0.2) is 72.0 Å². The van der Waals surface area contributed by atoms with Gasteiger partial charge in [-0.25, -0.2) is 0 Å². The third kappa shape index (κ3) is 4.73. The lowest BCUT2D eigenvalue weighted by molar-refractivity contribution is -0.384. The second-order valence-corrected chi connectivity index (χ2v) is 5.50. The number of nitro groups is 1. The molecule has 1 N–H and O–H groups in total. The summed E-state index contributed by atoms with van der Waals surface area (Å²) < 4.78 is 0. The number of hydrogen-bond acceptors (Lipinski definition) is 4. The molecule has 0 saturated heterocycles. The van der Waals surface area contributed by atoms with E-state index in [0.717, 1.165) is 12.8 Å². The predicted octanol–water partition coefficient (Wildman–Crippen LogP) is 4.39. The monoisotopic (exact) mass is 337 g/mol. The van der Waals surface area contributed by atoms with Crippen LogP contribution < -0.4 is 0 Å². The van der Waals surface area contributed by atoms with Gasteiger partial charge in [-0.3, -0.25) is 14.9 Å². The third-order valence-electron chi connectivity index (χ3n) is 3.66. The molecular formula is C20H19NO4. The smallest absolute Gasteiger partial charge is 0.269 e. The Hall–Kier alpha value is -3.01. The Bertz CT molecular complexity index is 803. The summed E-state index contributed by atoms with van der Waals surface area (Å²) in [6.07, 6.45) is 2.15. The third-order valence-corrected chi connectivity index (χ3v) is 3.66. The molecule has 128 valence electrons. The van der Waals surface area contributed by atoms with Crippen molar-refractivity contribution >= 4 is 11.5 Å². The lowest BCUT2D eigenvalue weighted by atomic mass is 9.94. The molecule has 2 aromatic carbocycles. The predicted molar refractivity (Wildman–Crippen MR) is 95.3 cm³/mol. The van der Waals surface area contributed by atoms with Gasteiger partial charge >= 0.3 is 0 Å². The van der Waals surface area contributed by atoms with Crippen LogP contribution in [0.3, 0.4) is 0 Å². The van der Waals surface area contributed by atoms with Gasteiger partial charge in [-0.05, 0) is 30.2 Å². The second-order valence-electron chi connectivity index (χ2n) is 5.50. The quantitative estimate of drug-likeness (QED) is 0.267. The van der Waals surface area contributed by atoms with Crippen LogP contribution in [0.25, 0.3) is 0 Å². The van der Waals surface area contributed by atoms with Crippen LogP contribution in [-0.2, 0) is 0 Å². The van der Waals surface area contributed by atoms with Crippen LogP contribution in [0, 0.1) is 10.1 Å². The lowest BCUT2D eigenvalue weighted by Crippen LogP contribution is -2.11. The van der Waals surface area contributed by atoms with Crippen LogP contribution in [0.5, 0.6) is 0 Å². The highest BCUT2D eigenvalue weighted by Gasteiger charge is 2.22. The Morgan fingerprint density at radius 1 is 1.20 bits per heavy atom. The Morgan fingerprint density at radius 3 is 2.40 bits per heavy atom. The zero-order valence-electron chi connectivity index (χ0n) is 13.9. The van der Waals surface area contributed by atoms with Gasteiger partial charge in [-0.1, -0.05) is 43.7 Å². The number of aliphatic hydroxyl groups excluding tert-OH is 1. The number of ketones is 1. The fourth-order valence-corrected chi connectivity index (χ4v) is 2.29. The maximum Gasteiger partial charge on any atom is 0.269 e. The van der Waals surface area contributed by atoms with Crippen molar-refractivity contribution in [3.63, 3.8) is 0 Å². The molecule has 25 heavy (non-hydrogen) atoms. The molecule has 5 heteroatoms. The van der Waals surface area contributed by atoms with Crippen molar-refractivity contribution in [2.75, 3.05) is 0 Å². The molecule has 0 heterocycles. The number of carbonyl (C=O) groups is 1. The van der Waals surface area contributed by atoms with Crippen LogP contribution in [0.1, 0.15) is 41.8 Å². The van der Waals surface area contributed by atoms with E-state index < -0.39 is 11.0 Å². The van der Waals surface area contributed by atoms with Crippen LogP contribution in [0.2, 0.25) is 0 Å². The summed E-state index contributed by atoms with van der Waals surface area (Å²) in [6, 6.07) is 14.2. The molecule has 0 amide bonds. The summed E-state index contributed by atoms with van der Waals surface area (Å²) in [6.45, 7) is 2.00. The van der Waals surface area contributed by atoms with Gasteiger partial charge in [0.25, 0.3) is 5.69 Å². The highest BCUT2D eigenvalue weighted by Crippen LogP contribution is 2.26. The Kier molecular flexibility index (Phi) is 6.40. The zero-order valence-corrected chi connectivity index (χ0v) is 13.9. The molecule has 0 saturated carbocycles. The number of benzene rings is 2. The van der Waals surface area contributed by atoms with Crippen molar-refractivity contribution in [2.24, 2.45) is 0 Å². The lowest BCUT2D eigenvalue weighted by Gasteiger charge is -2.13. The molecule has 1 unspecified atom stereocenters. The van der Waals surface area contributed by atoms with Crippen LogP contribution in [-0.4, -0.2) is 15.8 Å². The summed E-state index contributed by atoms with van der Waals surface area (Å²) in [5, 5.41) is 21.4. The molecule has 2 aromatic rings. The minimum Gasteiger partial charge on any atom is -0.383 e. The van der Waals surface area contributed by atoms with E-state index in [2.05, 4.69) is 5.73 Å². The number of Topliss-reactive ketones (excluding diaryl/α,β-unsaturated/α-hetero) is 1. The van der Waals surface area contributed by atoms with Gasteiger partial charge in [0.05, 0.1) is 10.5 Å². The van der Waals surface area contributed by atoms with E-state index in [1.807, 2.05) is 6.92 Å². The molecule has 5 nitrogen and oxygen atoms in total. The minimum atomic E-state index is -1.21. The van der Waals surface area contributed by atoms with E-state index in [1.165, 1.54) is 24.3 Å². The molecule has 0 aliphatic heterocycles. The number of carbonyl (C=O) groups excluding carboxylic acids is 1.